The topological polar surface area (TPSA) is 64.8 Å². The first kappa shape index (κ1) is 18.7. The summed E-state index contributed by atoms with van der Waals surface area (Å²) in [5.74, 6) is 0.179. The number of hydrogen-bond acceptors (Lipinski definition) is 4. The van der Waals surface area contributed by atoms with E-state index in [0.717, 1.165) is 58.2 Å². The summed E-state index contributed by atoms with van der Waals surface area (Å²) in [6.07, 6.45) is 9.85. The van der Waals surface area contributed by atoms with Crippen molar-refractivity contribution in [2.24, 2.45) is 5.73 Å². The van der Waals surface area contributed by atoms with Gasteiger partial charge in [0, 0.05) is 19.7 Å². The lowest BCUT2D eigenvalue weighted by atomic mass is 9.97. The largest absolute Gasteiger partial charge is 0.378 e. The van der Waals surface area contributed by atoms with Crippen LogP contribution in [0.3, 0.4) is 0 Å². The third kappa shape index (κ3) is 6.05. The van der Waals surface area contributed by atoms with Crippen LogP contribution in [0, 0.1) is 0 Å². The van der Waals surface area contributed by atoms with Crippen LogP contribution in [0.1, 0.15) is 64.7 Å². The van der Waals surface area contributed by atoms with Crippen LogP contribution in [0.25, 0.3) is 0 Å². The Morgan fingerprint density at radius 1 is 1.13 bits per heavy atom. The molecule has 2 N–H and O–H groups in total. The van der Waals surface area contributed by atoms with Crippen molar-refractivity contribution in [2.75, 3.05) is 26.2 Å². The lowest BCUT2D eigenvalue weighted by molar-refractivity contribution is -0.151. The molecule has 23 heavy (non-hydrogen) atoms. The van der Waals surface area contributed by atoms with Gasteiger partial charge in [-0.3, -0.25) is 4.79 Å². The highest BCUT2D eigenvalue weighted by atomic mass is 16.5. The van der Waals surface area contributed by atoms with Crippen molar-refractivity contribution < 1.29 is 14.3 Å². The molecule has 5 heteroatoms. The molecule has 0 aromatic carbocycles. The van der Waals surface area contributed by atoms with E-state index in [0.29, 0.717) is 6.54 Å². The summed E-state index contributed by atoms with van der Waals surface area (Å²) in [5, 5.41) is 0. The Morgan fingerprint density at radius 3 is 2.43 bits per heavy atom. The number of piperidine rings is 1. The zero-order chi connectivity index (χ0) is 16.5. The second kappa shape index (κ2) is 10.3. The Morgan fingerprint density at radius 2 is 1.83 bits per heavy atom. The number of rotatable bonds is 8. The summed E-state index contributed by atoms with van der Waals surface area (Å²) < 4.78 is 11.9. The number of ether oxygens (including phenoxy) is 2. The second-order valence-corrected chi connectivity index (χ2v) is 6.83. The van der Waals surface area contributed by atoms with E-state index in [1.807, 2.05) is 11.8 Å². The quantitative estimate of drug-likeness (QED) is 0.696. The van der Waals surface area contributed by atoms with E-state index < -0.39 is 0 Å². The number of carbonyl (C=O) groups excluding carboxylic acids is 1. The van der Waals surface area contributed by atoms with E-state index in [-0.39, 0.29) is 24.2 Å². The number of carbonyl (C=O) groups is 1. The highest BCUT2D eigenvalue weighted by molar-refractivity contribution is 5.81. The zero-order valence-corrected chi connectivity index (χ0v) is 14.7. The first-order chi connectivity index (χ1) is 11.2. The molecule has 1 aliphatic heterocycles. The molecule has 1 saturated heterocycles. The molecule has 1 amide bonds. The minimum absolute atomic E-state index is 0.179. The Bertz CT molecular complexity index is 337. The van der Waals surface area contributed by atoms with Crippen molar-refractivity contribution in [1.82, 2.24) is 4.90 Å². The summed E-state index contributed by atoms with van der Waals surface area (Å²) in [7, 11) is 0. The second-order valence-electron chi connectivity index (χ2n) is 6.83. The van der Waals surface area contributed by atoms with Gasteiger partial charge in [0.05, 0.1) is 12.2 Å². The molecule has 0 aromatic heterocycles. The Balaban J connectivity index is 1.73. The van der Waals surface area contributed by atoms with E-state index in [9.17, 15) is 4.79 Å². The molecule has 1 unspecified atom stereocenters. The molecule has 0 bridgehead atoms. The fourth-order valence-electron chi connectivity index (χ4n) is 3.54. The minimum atomic E-state index is -0.257. The van der Waals surface area contributed by atoms with Gasteiger partial charge in [-0.15, -0.1) is 0 Å². The van der Waals surface area contributed by atoms with Gasteiger partial charge in [0.1, 0.15) is 6.10 Å². The SMILES string of the molecule is CCC(OC1CCCCC1)C(=O)N1CCC(OCCCN)CC1. The normalized spacial score (nSPS) is 22.3. The van der Waals surface area contributed by atoms with E-state index in [1.165, 1.54) is 19.3 Å². The highest BCUT2D eigenvalue weighted by Gasteiger charge is 2.30. The molecule has 2 aliphatic rings. The van der Waals surface area contributed by atoms with E-state index >= 15 is 0 Å². The van der Waals surface area contributed by atoms with Crippen LogP contribution in [-0.2, 0) is 14.3 Å². The van der Waals surface area contributed by atoms with Gasteiger partial charge in [0.15, 0.2) is 0 Å². The van der Waals surface area contributed by atoms with E-state index in [1.54, 1.807) is 0 Å². The summed E-state index contributed by atoms with van der Waals surface area (Å²) in [4.78, 5) is 14.7. The molecule has 5 nitrogen and oxygen atoms in total. The predicted octanol–water partition coefficient (Wildman–Crippen LogP) is 2.47. The standard InChI is InChI=1S/C18H34N2O3/c1-2-17(23-16-7-4-3-5-8-16)18(21)20-12-9-15(10-13-20)22-14-6-11-19/h15-17H,2-14,19H2,1H3. The average molecular weight is 326 g/mol. The number of amides is 1. The molecular formula is C18H34N2O3. The molecule has 134 valence electrons. The van der Waals surface area contributed by atoms with Crippen LogP contribution in [-0.4, -0.2) is 55.4 Å². The van der Waals surface area contributed by atoms with Crippen molar-refractivity contribution in [2.45, 2.75) is 83.0 Å². The molecule has 2 rings (SSSR count). The average Bonchev–Trinajstić information content (AvgIpc) is 2.61. The van der Waals surface area contributed by atoms with Crippen molar-refractivity contribution in [1.29, 1.82) is 0 Å². The molecule has 1 aliphatic carbocycles. The van der Waals surface area contributed by atoms with E-state index in [2.05, 4.69) is 0 Å². The molecular weight excluding hydrogens is 292 g/mol. The molecule has 1 saturated carbocycles. The van der Waals surface area contributed by atoms with Crippen LogP contribution in [0.2, 0.25) is 0 Å². The monoisotopic (exact) mass is 326 g/mol. The maximum absolute atomic E-state index is 12.7. The van der Waals surface area contributed by atoms with Gasteiger partial charge in [-0.25, -0.2) is 0 Å². The fraction of sp³-hybridized carbons (Fsp3) is 0.944. The van der Waals surface area contributed by atoms with Gasteiger partial charge in [0.25, 0.3) is 5.91 Å². The molecule has 0 spiro atoms. The highest BCUT2D eigenvalue weighted by Crippen LogP contribution is 2.23. The van der Waals surface area contributed by atoms with Gasteiger partial charge in [-0.2, -0.15) is 0 Å². The molecule has 0 aromatic rings. The Labute approximate surface area is 140 Å². The third-order valence-corrected chi connectivity index (χ3v) is 5.01. The summed E-state index contributed by atoms with van der Waals surface area (Å²) in [6, 6.07) is 0. The number of likely N-dealkylation sites (tertiary alicyclic amines) is 1. The molecule has 2 fully saturated rings. The van der Waals surface area contributed by atoms with Crippen molar-refractivity contribution in [3.05, 3.63) is 0 Å². The summed E-state index contributed by atoms with van der Waals surface area (Å²) in [6.45, 7) is 5.03. The Kier molecular flexibility index (Phi) is 8.34. The van der Waals surface area contributed by atoms with Gasteiger partial charge < -0.3 is 20.1 Å². The molecule has 0 radical (unpaired) electrons. The number of hydrogen-bond donors (Lipinski definition) is 1. The van der Waals surface area contributed by atoms with Gasteiger partial charge in [-0.05, 0) is 45.1 Å². The maximum Gasteiger partial charge on any atom is 0.251 e. The van der Waals surface area contributed by atoms with Crippen molar-refractivity contribution >= 4 is 5.91 Å². The first-order valence-corrected chi connectivity index (χ1v) is 9.50. The van der Waals surface area contributed by atoms with Crippen LogP contribution in [0.5, 0.6) is 0 Å². The first-order valence-electron chi connectivity index (χ1n) is 9.50. The van der Waals surface area contributed by atoms with Gasteiger partial charge in [-0.1, -0.05) is 26.2 Å². The maximum atomic E-state index is 12.7. The number of nitrogens with zero attached hydrogens (tertiary/aromatic N) is 1. The third-order valence-electron chi connectivity index (χ3n) is 5.01. The zero-order valence-electron chi connectivity index (χ0n) is 14.7. The molecule has 1 heterocycles. The van der Waals surface area contributed by atoms with Crippen LogP contribution < -0.4 is 5.73 Å². The fourth-order valence-corrected chi connectivity index (χ4v) is 3.54. The van der Waals surface area contributed by atoms with Gasteiger partial charge in [0.2, 0.25) is 0 Å². The Hall–Kier alpha value is -0.650. The minimum Gasteiger partial charge on any atom is -0.378 e. The van der Waals surface area contributed by atoms with Crippen LogP contribution >= 0.6 is 0 Å². The number of nitrogens with two attached hydrogens (primary N) is 1. The lowest BCUT2D eigenvalue weighted by Gasteiger charge is -2.35. The summed E-state index contributed by atoms with van der Waals surface area (Å²) >= 11 is 0. The van der Waals surface area contributed by atoms with E-state index in [4.69, 9.17) is 15.2 Å². The van der Waals surface area contributed by atoms with Crippen LogP contribution in [0.15, 0.2) is 0 Å². The van der Waals surface area contributed by atoms with Crippen molar-refractivity contribution in [3.8, 4) is 0 Å². The smallest absolute Gasteiger partial charge is 0.251 e. The van der Waals surface area contributed by atoms with Gasteiger partial charge >= 0.3 is 0 Å². The van der Waals surface area contributed by atoms with Crippen molar-refractivity contribution in [3.63, 3.8) is 0 Å². The predicted molar refractivity (Wildman–Crippen MR) is 91.3 cm³/mol. The molecule has 1 atom stereocenters. The lowest BCUT2D eigenvalue weighted by Crippen LogP contribution is -2.47. The summed E-state index contributed by atoms with van der Waals surface area (Å²) in [5.41, 5.74) is 5.48. The van der Waals surface area contributed by atoms with Crippen LogP contribution in [0.4, 0.5) is 0 Å².